The van der Waals surface area contributed by atoms with E-state index in [9.17, 15) is 37.0 Å². The smallest absolute Gasteiger partial charge is 0.455 e. The zero-order valence-corrected chi connectivity index (χ0v) is 44.0. The third-order valence-corrected chi connectivity index (χ3v) is 18.6. The number of carbonyl (C=O) groups is 1. The van der Waals surface area contributed by atoms with Crippen molar-refractivity contribution in [3.05, 3.63) is 283 Å². The van der Waals surface area contributed by atoms with Crippen LogP contribution in [-0.2, 0) is 9.13 Å². The van der Waals surface area contributed by atoms with Crippen LogP contribution in [0.15, 0.2) is 276 Å². The number of aromatic hydroxyl groups is 1. The fourth-order valence-corrected chi connectivity index (χ4v) is 14.7. The number of ketones is 1. The molecular weight excluding hydrogens is 1120 g/mol. The summed E-state index contributed by atoms with van der Waals surface area (Å²) in [5, 5.41) is 16.1. The number of halogens is 3. The Kier molecular flexibility index (Phi) is 17.4. The Balaban J connectivity index is 0.000000149. The number of Topliss-reactive ketones (excluding diaryl/α,β-unsaturated/α-hetero) is 1. The molecule has 0 unspecified atom stereocenters. The number of hydrogen-bond acceptors (Lipinski definition) is 6. The molecule has 0 aliphatic rings. The second kappa shape index (κ2) is 24.1. The van der Waals surface area contributed by atoms with Gasteiger partial charge in [0.05, 0.1) is 5.39 Å². The van der Waals surface area contributed by atoms with Gasteiger partial charge in [-0.3, -0.25) is 4.79 Å². The Hall–Kier alpha value is -7.03. The molecule has 0 spiro atoms. The predicted molar refractivity (Wildman–Crippen MR) is 295 cm³/mol. The van der Waals surface area contributed by atoms with E-state index in [1.807, 2.05) is 194 Å². The number of rotatable bonds is 9. The first-order chi connectivity index (χ1) is 35.9. The summed E-state index contributed by atoms with van der Waals surface area (Å²) in [7, 11) is -5.96. The molecule has 0 saturated carbocycles. The van der Waals surface area contributed by atoms with Gasteiger partial charge >= 0.3 is 11.8 Å². The van der Waals surface area contributed by atoms with Crippen LogP contribution in [0.3, 0.4) is 0 Å². The maximum atomic E-state index is 14.6. The summed E-state index contributed by atoms with van der Waals surface area (Å²) in [5.74, 6) is -3.46. The van der Waals surface area contributed by atoms with Gasteiger partial charge in [-0.25, -0.2) is 4.79 Å². The second-order valence-electron chi connectivity index (χ2n) is 16.9. The molecule has 11 rings (SSSR count). The minimum atomic E-state index is -5.29. The maximum absolute atomic E-state index is 14.6. The van der Waals surface area contributed by atoms with Crippen molar-refractivity contribution >= 4 is 73.6 Å². The van der Waals surface area contributed by atoms with E-state index in [-0.39, 0.29) is 60.3 Å². The van der Waals surface area contributed by atoms with Gasteiger partial charge in [-0.1, -0.05) is 261 Å². The molecule has 0 saturated heterocycles. The van der Waals surface area contributed by atoms with Gasteiger partial charge < -0.3 is 18.7 Å². The SMILES string of the molecule is O=C(c1c(O)c2c(ccc3ccccc32)oc1=O)C(F)(F)F.O=P(c1ccccc1)(c1ccccc1)c1ccccc1-c1ccccc1.O=P(c1ccccc1)(c1ccccc1)c1ccccc1-c1ccccc1.[Eu]. The predicted octanol–water partition coefficient (Wildman–Crippen LogP) is 13.4. The topological polar surface area (TPSA) is 102 Å². The average Bonchev–Trinajstić information content (AvgIpc) is 3.46. The van der Waals surface area contributed by atoms with E-state index in [4.69, 9.17) is 4.42 Å². The molecule has 371 valence electrons. The number of benzene rings is 10. The van der Waals surface area contributed by atoms with Crippen LogP contribution in [0.1, 0.15) is 10.4 Å². The Labute approximate surface area is 472 Å². The first-order valence-corrected chi connectivity index (χ1v) is 26.8. The Morgan fingerprint density at radius 2 is 0.760 bits per heavy atom. The molecule has 11 aromatic rings. The van der Waals surface area contributed by atoms with E-state index in [1.54, 1.807) is 30.3 Å². The Morgan fingerprint density at radius 3 is 1.15 bits per heavy atom. The van der Waals surface area contributed by atoms with Crippen molar-refractivity contribution in [1.82, 2.24) is 0 Å². The van der Waals surface area contributed by atoms with Crippen LogP contribution >= 0.6 is 14.3 Å². The number of alkyl halides is 3. The Morgan fingerprint density at radius 1 is 0.427 bits per heavy atom. The summed E-state index contributed by atoms with van der Waals surface area (Å²) in [6.45, 7) is 0. The second-order valence-corrected chi connectivity index (χ2v) is 22.4. The quantitative estimate of drug-likeness (QED) is 0.0669. The molecule has 0 amide bonds. The molecule has 10 aromatic carbocycles. The molecule has 0 aliphatic carbocycles. The molecule has 0 fully saturated rings. The number of hydrogen-bond donors (Lipinski definition) is 1. The first kappa shape index (κ1) is 54.2. The van der Waals surface area contributed by atoms with Gasteiger partial charge in [-0.2, -0.15) is 13.2 Å². The minimum absolute atomic E-state index is 0. The van der Waals surface area contributed by atoms with Gasteiger partial charge in [0, 0.05) is 81.2 Å². The summed E-state index contributed by atoms with van der Waals surface area (Å²) in [6.07, 6.45) is -5.29. The average molecular weight is 1170 g/mol. The van der Waals surface area contributed by atoms with Crippen molar-refractivity contribution in [3.8, 4) is 28.0 Å². The summed E-state index contributed by atoms with van der Waals surface area (Å²) >= 11 is 0. The standard InChI is InChI=1S/2C24H19OP.C15H7F3O4.Eu/c2*25-26(21-14-6-2-7-15-21,22-16-8-3-9-17-22)24-19-11-10-18-23(24)20-12-4-1-5-13-20;16-15(17,18)13(20)11-12(19)10-8-4-2-1-3-7(8)5-6-9(10)22-14(11)21;/h2*1-19H;1-6,19H;. The van der Waals surface area contributed by atoms with E-state index < -0.39 is 43.2 Å². The molecule has 75 heavy (non-hydrogen) atoms. The van der Waals surface area contributed by atoms with Crippen molar-refractivity contribution in [2.75, 3.05) is 0 Å². The summed E-state index contributed by atoms with van der Waals surface area (Å²) in [4.78, 5) is 23.0. The molecule has 1 N–H and O–H groups in total. The van der Waals surface area contributed by atoms with Gasteiger partial charge in [0.2, 0.25) is 0 Å². The fraction of sp³-hybridized carbons (Fsp3) is 0.0159. The van der Waals surface area contributed by atoms with Crippen molar-refractivity contribution in [1.29, 1.82) is 0 Å². The molecular formula is C63H45EuF3O6P2. The minimum Gasteiger partial charge on any atom is -0.506 e. The summed E-state index contributed by atoms with van der Waals surface area (Å²) in [5.41, 5.74) is 1.16. The zero-order valence-electron chi connectivity index (χ0n) is 39.8. The van der Waals surface area contributed by atoms with E-state index in [0.29, 0.717) is 10.8 Å². The maximum Gasteiger partial charge on any atom is 0.455 e. The monoisotopic (exact) mass is 1170 g/mol. The number of fused-ring (bicyclic) bond motifs is 3. The molecule has 1 heterocycles. The van der Waals surface area contributed by atoms with E-state index in [1.165, 1.54) is 6.07 Å². The molecule has 6 nitrogen and oxygen atoms in total. The van der Waals surface area contributed by atoms with Gasteiger partial charge in [0.15, 0.2) is 19.8 Å². The molecule has 0 aliphatic heterocycles. The zero-order chi connectivity index (χ0) is 51.7. The number of carbonyl (C=O) groups excluding carboxylic acids is 1. The van der Waals surface area contributed by atoms with Crippen LogP contribution in [0.4, 0.5) is 13.2 Å². The molecule has 1 aromatic heterocycles. The van der Waals surface area contributed by atoms with E-state index in [2.05, 4.69) is 36.4 Å². The van der Waals surface area contributed by atoms with Crippen LogP contribution in [0.5, 0.6) is 5.75 Å². The Bertz CT molecular complexity index is 3620. The molecule has 1 radical (unpaired) electrons. The van der Waals surface area contributed by atoms with E-state index >= 15 is 0 Å². The third-order valence-electron chi connectivity index (χ3n) is 12.4. The van der Waals surface area contributed by atoms with Crippen LogP contribution in [-0.4, -0.2) is 17.1 Å². The van der Waals surface area contributed by atoms with Crippen molar-refractivity contribution < 1.29 is 86.0 Å². The third kappa shape index (κ3) is 11.5. The molecule has 0 bridgehead atoms. The molecule has 12 heteroatoms. The first-order valence-electron chi connectivity index (χ1n) is 23.4. The van der Waals surface area contributed by atoms with Crippen LogP contribution < -0.4 is 37.5 Å². The summed E-state index contributed by atoms with van der Waals surface area (Å²) in [6, 6.07) is 85.1. The fourth-order valence-electron chi connectivity index (χ4n) is 8.92. The van der Waals surface area contributed by atoms with Crippen LogP contribution in [0.2, 0.25) is 0 Å². The van der Waals surface area contributed by atoms with Gasteiger partial charge in [0.1, 0.15) is 11.3 Å². The van der Waals surface area contributed by atoms with Crippen LogP contribution in [0, 0.1) is 49.4 Å². The van der Waals surface area contributed by atoms with Crippen LogP contribution in [0.25, 0.3) is 44.0 Å². The largest absolute Gasteiger partial charge is 0.506 e. The van der Waals surface area contributed by atoms with Crippen molar-refractivity contribution in [2.45, 2.75) is 6.18 Å². The van der Waals surface area contributed by atoms with Crippen molar-refractivity contribution in [3.63, 3.8) is 0 Å². The normalized spacial score (nSPS) is 11.3. The summed E-state index contributed by atoms with van der Waals surface area (Å²) < 4.78 is 71.7. The van der Waals surface area contributed by atoms with Gasteiger partial charge in [-0.05, 0) is 39.1 Å². The van der Waals surface area contributed by atoms with Crippen molar-refractivity contribution in [2.24, 2.45) is 0 Å². The van der Waals surface area contributed by atoms with Gasteiger partial charge in [-0.15, -0.1) is 0 Å². The van der Waals surface area contributed by atoms with Gasteiger partial charge in [0.25, 0.3) is 5.78 Å². The van der Waals surface area contributed by atoms with E-state index in [0.717, 1.165) is 54.1 Å². The molecule has 0 atom stereocenters.